The Kier molecular flexibility index (Phi) is 8.06. The molecule has 34 heavy (non-hydrogen) atoms. The second-order valence-electron chi connectivity index (χ2n) is 8.97. The van der Waals surface area contributed by atoms with Crippen molar-refractivity contribution in [2.45, 2.75) is 45.1 Å². The van der Waals surface area contributed by atoms with Crippen LogP contribution in [0.5, 0.6) is 0 Å². The Morgan fingerprint density at radius 1 is 1.09 bits per heavy atom. The van der Waals surface area contributed by atoms with Gasteiger partial charge in [0.25, 0.3) is 5.91 Å². The molecule has 6 nitrogen and oxygen atoms in total. The maximum absolute atomic E-state index is 13.2. The van der Waals surface area contributed by atoms with Gasteiger partial charge >= 0.3 is 0 Å². The van der Waals surface area contributed by atoms with Crippen LogP contribution in [0.15, 0.2) is 60.2 Å². The number of amides is 2. The second-order valence-corrected chi connectivity index (χ2v) is 9.91. The molecule has 1 fully saturated rings. The summed E-state index contributed by atoms with van der Waals surface area (Å²) in [5.41, 5.74) is 4.55. The zero-order valence-electron chi connectivity index (χ0n) is 19.9. The average molecular weight is 477 g/mol. The number of piperidine rings is 1. The number of carbonyl (C=O) groups is 2. The number of thiazole rings is 1. The van der Waals surface area contributed by atoms with Crippen molar-refractivity contribution >= 4 is 23.2 Å². The van der Waals surface area contributed by atoms with Gasteiger partial charge in [0.1, 0.15) is 5.69 Å². The van der Waals surface area contributed by atoms with E-state index in [4.69, 9.17) is 0 Å². The highest BCUT2D eigenvalue weighted by atomic mass is 32.1. The van der Waals surface area contributed by atoms with Crippen LogP contribution in [0.1, 0.15) is 45.9 Å². The van der Waals surface area contributed by atoms with Crippen LogP contribution in [0.25, 0.3) is 0 Å². The van der Waals surface area contributed by atoms with Crippen molar-refractivity contribution in [3.63, 3.8) is 0 Å². The van der Waals surface area contributed by atoms with E-state index >= 15 is 0 Å². The lowest BCUT2D eigenvalue weighted by Gasteiger charge is -2.40. The summed E-state index contributed by atoms with van der Waals surface area (Å²) in [5.74, 6) is 0.481. The Labute approximate surface area is 205 Å². The average Bonchev–Trinajstić information content (AvgIpc) is 3.30. The van der Waals surface area contributed by atoms with E-state index in [1.807, 2.05) is 59.6 Å². The molecule has 0 N–H and O–H groups in total. The zero-order chi connectivity index (χ0) is 23.9. The van der Waals surface area contributed by atoms with Gasteiger partial charge in [-0.15, -0.1) is 11.3 Å². The first-order valence-corrected chi connectivity index (χ1v) is 12.8. The number of carbonyl (C=O) groups excluding carboxylic acids is 2. The maximum atomic E-state index is 13.2. The van der Waals surface area contributed by atoms with Gasteiger partial charge < -0.3 is 9.80 Å². The van der Waals surface area contributed by atoms with E-state index in [0.29, 0.717) is 18.0 Å². The number of hydrogen-bond acceptors (Lipinski definition) is 5. The molecular formula is C27H32N4O2S. The van der Waals surface area contributed by atoms with Crippen molar-refractivity contribution in [1.29, 1.82) is 0 Å². The smallest absolute Gasteiger partial charge is 0.272 e. The topological polar surface area (TPSA) is 66.4 Å². The maximum Gasteiger partial charge on any atom is 0.272 e. The molecule has 1 aromatic carbocycles. The minimum absolute atomic E-state index is 0.0500. The number of nitrogens with zero attached hydrogens (tertiary/aromatic N) is 4. The summed E-state index contributed by atoms with van der Waals surface area (Å²) in [4.78, 5) is 39.7. The van der Waals surface area contributed by atoms with Gasteiger partial charge in [-0.05, 0) is 56.2 Å². The fourth-order valence-corrected chi connectivity index (χ4v) is 5.56. The predicted molar refractivity (Wildman–Crippen MR) is 135 cm³/mol. The van der Waals surface area contributed by atoms with Crippen LogP contribution in [0.4, 0.5) is 0 Å². The molecule has 0 unspecified atom stereocenters. The number of pyridine rings is 1. The largest absolute Gasteiger partial charge is 0.343 e. The summed E-state index contributed by atoms with van der Waals surface area (Å²) in [5, 5.41) is 0. The number of rotatable bonds is 8. The number of hydrogen-bond donors (Lipinski definition) is 0. The fraction of sp³-hybridized carbons (Fsp3) is 0.407. The third-order valence-corrected chi connectivity index (χ3v) is 7.83. The molecule has 1 saturated heterocycles. The van der Waals surface area contributed by atoms with Gasteiger partial charge in [-0.25, -0.2) is 4.98 Å². The van der Waals surface area contributed by atoms with Gasteiger partial charge in [-0.2, -0.15) is 0 Å². The monoisotopic (exact) mass is 476 g/mol. The molecule has 2 amide bonds. The zero-order valence-corrected chi connectivity index (χ0v) is 20.7. The van der Waals surface area contributed by atoms with Gasteiger partial charge in [0.05, 0.1) is 11.2 Å². The Morgan fingerprint density at radius 3 is 2.47 bits per heavy atom. The van der Waals surface area contributed by atoms with E-state index in [-0.39, 0.29) is 17.9 Å². The van der Waals surface area contributed by atoms with Crippen LogP contribution in [-0.2, 0) is 17.6 Å². The standard InChI is InChI=1S/C27H32N4O2S/c1-20-25(34-19-29-20)11-12-26(32)31-16-13-22(14-17-31)24(18-21-8-4-3-5-9-21)30(2)27(33)23-10-6-7-15-28-23/h3-10,15,19,22,24H,11-14,16-18H2,1-2H3/t24-/m1/s1. The highest BCUT2D eigenvalue weighted by Gasteiger charge is 2.33. The van der Waals surface area contributed by atoms with Gasteiger partial charge in [0.2, 0.25) is 5.91 Å². The van der Waals surface area contributed by atoms with Gasteiger partial charge in [-0.3, -0.25) is 14.6 Å². The number of benzene rings is 1. The number of aromatic nitrogens is 2. The van der Waals surface area contributed by atoms with Crippen LogP contribution in [0, 0.1) is 12.8 Å². The molecule has 0 radical (unpaired) electrons. The van der Waals surface area contributed by atoms with Crippen LogP contribution in [0.3, 0.4) is 0 Å². The summed E-state index contributed by atoms with van der Waals surface area (Å²) in [6.07, 6.45) is 5.52. The SMILES string of the molecule is Cc1ncsc1CCC(=O)N1CCC([C@@H](Cc2ccccc2)N(C)C(=O)c2ccccn2)CC1. The predicted octanol–water partition coefficient (Wildman–Crippen LogP) is 4.40. The minimum atomic E-state index is -0.0556. The first-order valence-electron chi connectivity index (χ1n) is 11.9. The molecule has 7 heteroatoms. The van der Waals surface area contributed by atoms with Gasteiger partial charge in [-0.1, -0.05) is 36.4 Å². The number of likely N-dealkylation sites (tertiary alicyclic amines) is 1. The summed E-state index contributed by atoms with van der Waals surface area (Å²) < 4.78 is 0. The quantitative estimate of drug-likeness (QED) is 0.483. The molecule has 178 valence electrons. The Balaban J connectivity index is 1.41. The van der Waals surface area contributed by atoms with Crippen LogP contribution in [0.2, 0.25) is 0 Å². The van der Waals surface area contributed by atoms with Crippen LogP contribution in [-0.4, -0.2) is 57.8 Å². The van der Waals surface area contributed by atoms with E-state index in [2.05, 4.69) is 22.1 Å². The third-order valence-electron chi connectivity index (χ3n) is 6.84. The fourth-order valence-electron chi connectivity index (χ4n) is 4.77. The minimum Gasteiger partial charge on any atom is -0.343 e. The van der Waals surface area contributed by atoms with Crippen LogP contribution >= 0.6 is 11.3 Å². The molecular weight excluding hydrogens is 444 g/mol. The molecule has 1 aliphatic rings. The van der Waals surface area contributed by atoms with E-state index in [1.54, 1.807) is 23.6 Å². The molecule has 0 spiro atoms. The molecule has 0 saturated carbocycles. The van der Waals surface area contributed by atoms with Crippen molar-refractivity contribution in [1.82, 2.24) is 19.8 Å². The van der Waals surface area contributed by atoms with Crippen LogP contribution < -0.4 is 0 Å². The normalized spacial score (nSPS) is 15.2. The summed E-state index contributed by atoms with van der Waals surface area (Å²) in [6.45, 7) is 3.47. The summed E-state index contributed by atoms with van der Waals surface area (Å²) >= 11 is 1.62. The van der Waals surface area contributed by atoms with Gasteiger partial charge in [0, 0.05) is 43.7 Å². The Hall–Kier alpha value is -3.06. The summed E-state index contributed by atoms with van der Waals surface area (Å²) in [6, 6.07) is 15.8. The highest BCUT2D eigenvalue weighted by Crippen LogP contribution is 2.28. The molecule has 4 rings (SSSR count). The summed E-state index contributed by atoms with van der Waals surface area (Å²) in [7, 11) is 1.89. The molecule has 1 aliphatic heterocycles. The number of likely N-dealkylation sites (N-methyl/N-ethyl adjacent to an activating group) is 1. The lowest BCUT2D eigenvalue weighted by atomic mass is 9.84. The highest BCUT2D eigenvalue weighted by molar-refractivity contribution is 7.09. The lowest BCUT2D eigenvalue weighted by molar-refractivity contribution is -0.132. The van der Waals surface area contributed by atoms with Crippen molar-refractivity contribution < 1.29 is 9.59 Å². The molecule has 3 heterocycles. The van der Waals surface area contributed by atoms with E-state index in [1.165, 1.54) is 10.4 Å². The molecule has 0 bridgehead atoms. The number of aryl methyl sites for hydroxylation is 2. The van der Waals surface area contributed by atoms with E-state index in [9.17, 15) is 9.59 Å². The first-order chi connectivity index (χ1) is 16.5. The van der Waals surface area contributed by atoms with Crippen molar-refractivity contribution in [3.05, 3.63) is 82.1 Å². The molecule has 0 aliphatic carbocycles. The lowest BCUT2D eigenvalue weighted by Crippen LogP contribution is -2.48. The first kappa shape index (κ1) is 24.1. The molecule has 3 aromatic rings. The molecule has 1 atom stereocenters. The Morgan fingerprint density at radius 2 is 1.82 bits per heavy atom. The Bertz CT molecular complexity index is 1080. The third kappa shape index (κ3) is 5.89. The van der Waals surface area contributed by atoms with E-state index in [0.717, 1.165) is 44.5 Å². The van der Waals surface area contributed by atoms with Crippen molar-refractivity contribution in [2.24, 2.45) is 5.92 Å². The van der Waals surface area contributed by atoms with Crippen molar-refractivity contribution in [2.75, 3.05) is 20.1 Å². The van der Waals surface area contributed by atoms with Crippen molar-refractivity contribution in [3.8, 4) is 0 Å². The van der Waals surface area contributed by atoms with Gasteiger partial charge in [0.15, 0.2) is 0 Å². The molecule has 2 aromatic heterocycles. The van der Waals surface area contributed by atoms with E-state index < -0.39 is 0 Å². The second kappa shape index (κ2) is 11.4.